The van der Waals surface area contributed by atoms with Crippen molar-refractivity contribution in [2.24, 2.45) is 0 Å². The van der Waals surface area contributed by atoms with Crippen LogP contribution in [0, 0.1) is 0 Å². The number of benzene rings is 1. The predicted molar refractivity (Wildman–Crippen MR) is 61.3 cm³/mol. The highest BCUT2D eigenvalue weighted by molar-refractivity contribution is 5.56. The number of hydrogen-bond donors (Lipinski definition) is 2. The molecular weight excluding hydrogens is 188 g/mol. The number of rotatable bonds is 3. The van der Waals surface area contributed by atoms with Gasteiger partial charge in [-0.05, 0) is 12.1 Å². The molecule has 0 spiro atoms. The number of nitrogens with one attached hydrogen (secondary N) is 2. The quantitative estimate of drug-likeness (QED) is 0.798. The first-order valence-electron chi connectivity index (χ1n) is 4.70. The van der Waals surface area contributed by atoms with Gasteiger partial charge in [0.25, 0.3) is 0 Å². The maximum atomic E-state index is 4.30. The summed E-state index contributed by atoms with van der Waals surface area (Å²) >= 11 is 0. The molecule has 2 aromatic rings. The summed E-state index contributed by atoms with van der Waals surface area (Å²) in [6.07, 6.45) is 3.37. The lowest BCUT2D eigenvalue weighted by molar-refractivity contribution is 1.18. The summed E-state index contributed by atoms with van der Waals surface area (Å²) in [5, 5.41) is 6.10. The molecule has 0 saturated carbocycles. The van der Waals surface area contributed by atoms with Crippen molar-refractivity contribution in [2.75, 3.05) is 17.7 Å². The van der Waals surface area contributed by atoms with E-state index >= 15 is 0 Å². The molecule has 0 radical (unpaired) electrons. The molecule has 4 nitrogen and oxygen atoms in total. The van der Waals surface area contributed by atoms with Crippen LogP contribution in [0.25, 0.3) is 0 Å². The fourth-order valence-corrected chi connectivity index (χ4v) is 1.22. The van der Waals surface area contributed by atoms with Gasteiger partial charge in [-0.25, -0.2) is 4.98 Å². The molecule has 2 N–H and O–H groups in total. The minimum Gasteiger partial charge on any atom is -0.372 e. The van der Waals surface area contributed by atoms with E-state index in [4.69, 9.17) is 0 Å². The summed E-state index contributed by atoms with van der Waals surface area (Å²) in [5.41, 5.74) is 1.00. The number of anilines is 3. The van der Waals surface area contributed by atoms with Gasteiger partial charge in [0.2, 0.25) is 0 Å². The lowest BCUT2D eigenvalue weighted by Gasteiger charge is -2.05. The van der Waals surface area contributed by atoms with Crippen molar-refractivity contribution >= 4 is 17.3 Å². The highest BCUT2D eigenvalue weighted by Crippen LogP contribution is 2.13. The van der Waals surface area contributed by atoms with E-state index in [-0.39, 0.29) is 0 Å². The summed E-state index contributed by atoms with van der Waals surface area (Å²) in [4.78, 5) is 8.37. The largest absolute Gasteiger partial charge is 0.372 e. The van der Waals surface area contributed by atoms with E-state index in [0.29, 0.717) is 0 Å². The van der Waals surface area contributed by atoms with E-state index in [1.165, 1.54) is 0 Å². The molecule has 0 bridgehead atoms. The molecule has 0 atom stereocenters. The first-order chi connectivity index (χ1) is 7.38. The van der Waals surface area contributed by atoms with Gasteiger partial charge in [-0.1, -0.05) is 18.2 Å². The first-order valence-corrected chi connectivity index (χ1v) is 4.70. The van der Waals surface area contributed by atoms with Gasteiger partial charge in [-0.15, -0.1) is 0 Å². The number of aromatic nitrogens is 2. The van der Waals surface area contributed by atoms with Crippen molar-refractivity contribution in [3.63, 3.8) is 0 Å². The SMILES string of the molecule is CNc1cncc(Nc2ccccc2)n1. The summed E-state index contributed by atoms with van der Waals surface area (Å²) in [7, 11) is 1.82. The zero-order valence-electron chi connectivity index (χ0n) is 8.44. The molecule has 2 rings (SSSR count). The second kappa shape index (κ2) is 4.41. The van der Waals surface area contributed by atoms with Gasteiger partial charge in [0.1, 0.15) is 5.82 Å². The van der Waals surface area contributed by atoms with E-state index in [1.807, 2.05) is 37.4 Å². The van der Waals surface area contributed by atoms with Crippen molar-refractivity contribution in [3.05, 3.63) is 42.7 Å². The maximum Gasteiger partial charge on any atom is 0.151 e. The van der Waals surface area contributed by atoms with Crippen molar-refractivity contribution < 1.29 is 0 Å². The van der Waals surface area contributed by atoms with E-state index in [2.05, 4.69) is 20.6 Å². The Hall–Kier alpha value is -2.10. The Morgan fingerprint density at radius 2 is 1.73 bits per heavy atom. The molecule has 76 valence electrons. The third-order valence-corrected chi connectivity index (χ3v) is 1.94. The Bertz CT molecular complexity index is 428. The number of para-hydroxylation sites is 1. The van der Waals surface area contributed by atoms with Crippen LogP contribution in [-0.4, -0.2) is 17.0 Å². The highest BCUT2D eigenvalue weighted by atomic mass is 15.1. The highest BCUT2D eigenvalue weighted by Gasteiger charge is 1.96. The maximum absolute atomic E-state index is 4.30. The minimum atomic E-state index is 0.730. The van der Waals surface area contributed by atoms with Crippen molar-refractivity contribution in [1.29, 1.82) is 0 Å². The number of nitrogens with zero attached hydrogens (tertiary/aromatic N) is 2. The van der Waals surface area contributed by atoms with Gasteiger partial charge in [0.05, 0.1) is 12.4 Å². The van der Waals surface area contributed by atoms with Crippen molar-refractivity contribution in [3.8, 4) is 0 Å². The van der Waals surface area contributed by atoms with Crippen LogP contribution < -0.4 is 10.6 Å². The van der Waals surface area contributed by atoms with E-state index in [0.717, 1.165) is 17.3 Å². The summed E-state index contributed by atoms with van der Waals surface area (Å²) in [6.45, 7) is 0. The minimum absolute atomic E-state index is 0.730. The number of hydrogen-bond acceptors (Lipinski definition) is 4. The van der Waals surface area contributed by atoms with E-state index < -0.39 is 0 Å². The molecule has 0 aliphatic carbocycles. The molecule has 0 saturated heterocycles. The fourth-order valence-electron chi connectivity index (χ4n) is 1.22. The smallest absolute Gasteiger partial charge is 0.151 e. The van der Waals surface area contributed by atoms with Gasteiger partial charge >= 0.3 is 0 Å². The third-order valence-electron chi connectivity index (χ3n) is 1.94. The summed E-state index contributed by atoms with van der Waals surface area (Å²) < 4.78 is 0. The van der Waals surface area contributed by atoms with Crippen LogP contribution in [0.2, 0.25) is 0 Å². The van der Waals surface area contributed by atoms with Gasteiger partial charge in [-0.2, -0.15) is 0 Å². The average molecular weight is 200 g/mol. The first kappa shape index (κ1) is 9.45. The van der Waals surface area contributed by atoms with Crippen LogP contribution in [0.5, 0.6) is 0 Å². The van der Waals surface area contributed by atoms with Crippen LogP contribution in [0.1, 0.15) is 0 Å². The monoisotopic (exact) mass is 200 g/mol. The predicted octanol–water partition coefficient (Wildman–Crippen LogP) is 2.26. The molecular formula is C11H12N4. The molecule has 4 heteroatoms. The standard InChI is InChI=1S/C11H12N4/c1-12-10-7-13-8-11(15-10)14-9-5-3-2-4-6-9/h2-8H,1H3,(H2,12,14,15). The lowest BCUT2D eigenvalue weighted by atomic mass is 10.3. The molecule has 15 heavy (non-hydrogen) atoms. The van der Waals surface area contributed by atoms with E-state index in [1.54, 1.807) is 12.4 Å². The lowest BCUT2D eigenvalue weighted by Crippen LogP contribution is -1.98. The molecule has 1 heterocycles. The van der Waals surface area contributed by atoms with Crippen LogP contribution >= 0.6 is 0 Å². The van der Waals surface area contributed by atoms with Gasteiger partial charge in [0, 0.05) is 12.7 Å². The molecule has 1 aromatic heterocycles. The van der Waals surface area contributed by atoms with Crippen molar-refractivity contribution in [2.45, 2.75) is 0 Å². The Morgan fingerprint density at radius 1 is 1.00 bits per heavy atom. The topological polar surface area (TPSA) is 49.8 Å². The van der Waals surface area contributed by atoms with Gasteiger partial charge in [0.15, 0.2) is 5.82 Å². The molecule has 0 aliphatic rings. The van der Waals surface area contributed by atoms with Crippen LogP contribution in [0.4, 0.5) is 17.3 Å². The van der Waals surface area contributed by atoms with Crippen molar-refractivity contribution in [1.82, 2.24) is 9.97 Å². The molecule has 0 aliphatic heterocycles. The zero-order valence-corrected chi connectivity index (χ0v) is 8.44. The molecule has 1 aromatic carbocycles. The second-order valence-corrected chi connectivity index (χ2v) is 3.03. The molecule has 0 amide bonds. The molecule has 0 fully saturated rings. The van der Waals surface area contributed by atoms with Crippen LogP contribution in [0.15, 0.2) is 42.7 Å². The Morgan fingerprint density at radius 3 is 2.47 bits per heavy atom. The molecule has 0 unspecified atom stereocenters. The van der Waals surface area contributed by atoms with Crippen LogP contribution in [0.3, 0.4) is 0 Å². The van der Waals surface area contributed by atoms with Crippen LogP contribution in [-0.2, 0) is 0 Å². The Balaban J connectivity index is 2.17. The Labute approximate surface area is 88.4 Å². The average Bonchev–Trinajstić information content (AvgIpc) is 2.31. The fraction of sp³-hybridized carbons (Fsp3) is 0.0909. The zero-order chi connectivity index (χ0) is 10.5. The third kappa shape index (κ3) is 2.43. The summed E-state index contributed by atoms with van der Waals surface area (Å²) in [6, 6.07) is 9.87. The van der Waals surface area contributed by atoms with Gasteiger partial charge in [-0.3, -0.25) is 4.98 Å². The Kier molecular flexibility index (Phi) is 2.78. The van der Waals surface area contributed by atoms with E-state index in [9.17, 15) is 0 Å². The second-order valence-electron chi connectivity index (χ2n) is 3.03. The van der Waals surface area contributed by atoms with Gasteiger partial charge < -0.3 is 10.6 Å². The summed E-state index contributed by atoms with van der Waals surface area (Å²) in [5.74, 6) is 1.48. The normalized spacial score (nSPS) is 9.67.